The van der Waals surface area contributed by atoms with Crippen LogP contribution in [0.4, 0.5) is 11.4 Å². The summed E-state index contributed by atoms with van der Waals surface area (Å²) >= 11 is 5.91. The van der Waals surface area contributed by atoms with Crippen molar-refractivity contribution in [2.45, 2.75) is 37.0 Å². The van der Waals surface area contributed by atoms with Gasteiger partial charge in [-0.1, -0.05) is 30.2 Å². The highest BCUT2D eigenvalue weighted by atomic mass is 35.5. The molecule has 4 rings (SSSR count). The van der Waals surface area contributed by atoms with Crippen LogP contribution in [0.15, 0.2) is 53.4 Å². The summed E-state index contributed by atoms with van der Waals surface area (Å²) in [5.41, 5.74) is 0.875. The second kappa shape index (κ2) is 7.76. The van der Waals surface area contributed by atoms with Gasteiger partial charge in [0.1, 0.15) is 0 Å². The fourth-order valence-corrected chi connectivity index (χ4v) is 5.87. The van der Waals surface area contributed by atoms with E-state index in [1.807, 2.05) is 0 Å². The molecule has 148 valence electrons. The van der Waals surface area contributed by atoms with Crippen LogP contribution in [0, 0.1) is 17.8 Å². The number of hydrogen-bond donors (Lipinski definition) is 2. The number of hydrogen-bond acceptors (Lipinski definition) is 3. The number of anilines is 2. The van der Waals surface area contributed by atoms with Crippen molar-refractivity contribution in [3.63, 3.8) is 0 Å². The van der Waals surface area contributed by atoms with Crippen molar-refractivity contribution in [3.8, 4) is 0 Å². The molecule has 2 aliphatic carbocycles. The minimum atomic E-state index is -3.78. The lowest BCUT2D eigenvalue weighted by Gasteiger charge is -2.21. The van der Waals surface area contributed by atoms with Gasteiger partial charge in [0.05, 0.1) is 10.6 Å². The Morgan fingerprint density at radius 1 is 1.04 bits per heavy atom. The topological polar surface area (TPSA) is 75.3 Å². The molecule has 7 heteroatoms. The van der Waals surface area contributed by atoms with Crippen molar-refractivity contribution in [1.29, 1.82) is 0 Å². The highest BCUT2D eigenvalue weighted by Gasteiger charge is 2.40. The number of halogens is 1. The highest BCUT2D eigenvalue weighted by Crippen LogP contribution is 2.49. The predicted octanol–water partition coefficient (Wildman–Crippen LogP) is 4.91. The summed E-state index contributed by atoms with van der Waals surface area (Å²) in [6.45, 7) is 0. The molecule has 0 spiro atoms. The van der Waals surface area contributed by atoms with Crippen molar-refractivity contribution in [3.05, 3.63) is 53.6 Å². The monoisotopic (exact) mass is 418 g/mol. The van der Waals surface area contributed by atoms with Crippen LogP contribution in [0.2, 0.25) is 5.02 Å². The molecular weight excluding hydrogens is 396 g/mol. The Kier molecular flexibility index (Phi) is 5.34. The average Bonchev–Trinajstić information content (AvgIpc) is 3.24. The van der Waals surface area contributed by atoms with Gasteiger partial charge in [-0.3, -0.25) is 9.52 Å². The van der Waals surface area contributed by atoms with Crippen LogP contribution >= 0.6 is 11.6 Å². The van der Waals surface area contributed by atoms with Gasteiger partial charge in [-0.2, -0.15) is 0 Å². The fourth-order valence-electron chi connectivity index (χ4n) is 4.58. The van der Waals surface area contributed by atoms with Crippen molar-refractivity contribution in [2.75, 3.05) is 10.0 Å². The molecular formula is C21H23ClN2O3S. The van der Waals surface area contributed by atoms with Crippen LogP contribution in [0.3, 0.4) is 0 Å². The van der Waals surface area contributed by atoms with E-state index in [4.69, 9.17) is 11.6 Å². The molecule has 2 fully saturated rings. The number of benzene rings is 2. The summed E-state index contributed by atoms with van der Waals surface area (Å²) in [6, 6.07) is 12.8. The van der Waals surface area contributed by atoms with Crippen LogP contribution in [0.1, 0.15) is 32.1 Å². The number of fused-ring (bicyclic) bond motifs is 2. The van der Waals surface area contributed by atoms with Crippen molar-refractivity contribution >= 4 is 38.9 Å². The minimum Gasteiger partial charge on any atom is -0.326 e. The molecule has 2 aromatic rings. The summed E-state index contributed by atoms with van der Waals surface area (Å²) < 4.78 is 27.8. The quantitative estimate of drug-likeness (QED) is 0.700. The zero-order valence-electron chi connectivity index (χ0n) is 15.4. The number of amides is 1. The Morgan fingerprint density at radius 3 is 2.54 bits per heavy atom. The molecule has 2 bridgehead atoms. The van der Waals surface area contributed by atoms with Gasteiger partial charge in [0.15, 0.2) is 0 Å². The van der Waals surface area contributed by atoms with E-state index in [1.54, 1.807) is 36.4 Å². The molecule has 2 aliphatic rings. The lowest BCUT2D eigenvalue weighted by atomic mass is 9.86. The van der Waals surface area contributed by atoms with E-state index < -0.39 is 10.0 Å². The molecule has 0 radical (unpaired) electrons. The molecule has 0 heterocycles. The maximum absolute atomic E-state index is 12.6. The van der Waals surface area contributed by atoms with Gasteiger partial charge in [-0.25, -0.2) is 8.42 Å². The molecule has 0 unspecified atom stereocenters. The van der Waals surface area contributed by atoms with Gasteiger partial charge < -0.3 is 5.32 Å². The fraction of sp³-hybridized carbons (Fsp3) is 0.381. The Morgan fingerprint density at radius 2 is 1.82 bits per heavy atom. The molecule has 1 amide bonds. The van der Waals surface area contributed by atoms with E-state index in [2.05, 4.69) is 10.0 Å². The Labute approximate surface area is 170 Å². The third kappa shape index (κ3) is 4.33. The number of sulfonamides is 1. The van der Waals surface area contributed by atoms with Crippen LogP contribution in [-0.4, -0.2) is 14.3 Å². The third-order valence-corrected chi connectivity index (χ3v) is 7.45. The lowest BCUT2D eigenvalue weighted by molar-refractivity contribution is -0.117. The molecule has 0 aliphatic heterocycles. The molecule has 28 heavy (non-hydrogen) atoms. The first kappa shape index (κ1) is 19.3. The largest absolute Gasteiger partial charge is 0.326 e. The van der Waals surface area contributed by atoms with E-state index >= 15 is 0 Å². The zero-order valence-corrected chi connectivity index (χ0v) is 17.0. The Hall–Kier alpha value is -2.05. The standard InChI is InChI=1S/C21H23ClN2O3S/c22-17-3-1-5-19(12-17)24-28(26,27)20-6-2-4-18(13-20)23-21(25)11-16-10-14-7-8-15(16)9-14/h1-6,12-16,24H,7-11H2,(H,23,25)/t14-,15-,16+/m1/s1. The first-order valence-electron chi connectivity index (χ1n) is 9.57. The SMILES string of the molecule is O=C(C[C@@H]1C[C@@H]2CC[C@@H]1C2)Nc1cccc(S(=O)(=O)Nc2cccc(Cl)c2)c1. The summed E-state index contributed by atoms with van der Waals surface area (Å²) in [6.07, 6.45) is 5.48. The molecule has 0 saturated heterocycles. The third-order valence-electron chi connectivity index (χ3n) is 5.84. The summed E-state index contributed by atoms with van der Waals surface area (Å²) in [5, 5.41) is 3.31. The van der Waals surface area contributed by atoms with Gasteiger partial charge in [0, 0.05) is 17.1 Å². The minimum absolute atomic E-state index is 0.0464. The van der Waals surface area contributed by atoms with Gasteiger partial charge in [0.2, 0.25) is 5.91 Å². The van der Waals surface area contributed by atoms with Crippen LogP contribution in [-0.2, 0) is 14.8 Å². The molecule has 2 N–H and O–H groups in total. The number of carbonyl (C=O) groups excluding carboxylic acids is 1. The lowest BCUT2D eigenvalue weighted by Crippen LogP contribution is -2.20. The molecule has 2 saturated carbocycles. The van der Waals surface area contributed by atoms with Crippen molar-refractivity contribution < 1.29 is 13.2 Å². The highest BCUT2D eigenvalue weighted by molar-refractivity contribution is 7.92. The number of carbonyl (C=O) groups is 1. The molecule has 5 nitrogen and oxygen atoms in total. The number of nitrogens with one attached hydrogen (secondary N) is 2. The van der Waals surface area contributed by atoms with E-state index in [0.29, 0.717) is 34.7 Å². The predicted molar refractivity (Wildman–Crippen MR) is 111 cm³/mol. The molecule has 3 atom stereocenters. The smallest absolute Gasteiger partial charge is 0.261 e. The van der Waals surface area contributed by atoms with E-state index in [0.717, 1.165) is 12.3 Å². The summed E-state index contributed by atoms with van der Waals surface area (Å²) in [4.78, 5) is 12.5. The molecule has 2 aromatic carbocycles. The van der Waals surface area contributed by atoms with Gasteiger partial charge in [-0.05, 0) is 73.4 Å². The first-order chi connectivity index (χ1) is 13.4. The number of rotatable bonds is 6. The van der Waals surface area contributed by atoms with Crippen LogP contribution < -0.4 is 10.0 Å². The van der Waals surface area contributed by atoms with E-state index in [1.165, 1.54) is 31.4 Å². The zero-order chi connectivity index (χ0) is 19.7. The second-order valence-electron chi connectivity index (χ2n) is 7.83. The van der Waals surface area contributed by atoms with Crippen molar-refractivity contribution in [1.82, 2.24) is 0 Å². The van der Waals surface area contributed by atoms with Gasteiger partial charge in [-0.15, -0.1) is 0 Å². The van der Waals surface area contributed by atoms with Crippen LogP contribution in [0.5, 0.6) is 0 Å². The van der Waals surface area contributed by atoms with Crippen molar-refractivity contribution in [2.24, 2.45) is 17.8 Å². The van der Waals surface area contributed by atoms with Gasteiger partial charge in [0.25, 0.3) is 10.0 Å². The maximum Gasteiger partial charge on any atom is 0.261 e. The van der Waals surface area contributed by atoms with Crippen LogP contribution in [0.25, 0.3) is 0 Å². The molecule has 0 aromatic heterocycles. The summed E-state index contributed by atoms with van der Waals surface area (Å²) in [5.74, 6) is 1.91. The normalized spacial score (nSPS) is 23.5. The average molecular weight is 419 g/mol. The van der Waals surface area contributed by atoms with E-state index in [-0.39, 0.29) is 10.8 Å². The Bertz CT molecular complexity index is 993. The van der Waals surface area contributed by atoms with Gasteiger partial charge >= 0.3 is 0 Å². The Balaban J connectivity index is 1.42. The second-order valence-corrected chi connectivity index (χ2v) is 9.95. The summed E-state index contributed by atoms with van der Waals surface area (Å²) in [7, 11) is -3.78. The first-order valence-corrected chi connectivity index (χ1v) is 11.4. The van der Waals surface area contributed by atoms with E-state index in [9.17, 15) is 13.2 Å². The maximum atomic E-state index is 12.6.